The number of nitrogens with zero attached hydrogens (tertiary/aromatic N) is 4. The van der Waals surface area contributed by atoms with Gasteiger partial charge in [-0.2, -0.15) is 4.98 Å². The number of hydrogen-bond acceptors (Lipinski definition) is 5. The standard InChI is InChI=1S/C17H15FN4O2/c18-13-5-3-12(4-6-13)16(23)21-8-10-22(11-9-21)17-20-15-14(24-17)2-1-7-19-15/h1-7H,8-11H2. The molecular formula is C17H15FN4O2. The maximum absolute atomic E-state index is 13.0. The molecule has 0 radical (unpaired) electrons. The lowest BCUT2D eigenvalue weighted by Crippen LogP contribution is -2.48. The van der Waals surface area contributed by atoms with Crippen LogP contribution in [-0.4, -0.2) is 47.0 Å². The molecule has 1 aromatic carbocycles. The van der Waals surface area contributed by atoms with Gasteiger partial charge in [-0.05, 0) is 36.4 Å². The van der Waals surface area contributed by atoms with Gasteiger partial charge < -0.3 is 14.2 Å². The predicted molar refractivity (Wildman–Crippen MR) is 86.3 cm³/mol. The van der Waals surface area contributed by atoms with E-state index in [1.54, 1.807) is 17.2 Å². The highest BCUT2D eigenvalue weighted by Crippen LogP contribution is 2.21. The van der Waals surface area contributed by atoms with Gasteiger partial charge in [0.15, 0.2) is 5.58 Å². The quantitative estimate of drug-likeness (QED) is 0.723. The van der Waals surface area contributed by atoms with Crippen LogP contribution in [0.25, 0.3) is 11.2 Å². The number of amides is 1. The molecule has 0 atom stereocenters. The third-order valence-electron chi connectivity index (χ3n) is 4.08. The maximum Gasteiger partial charge on any atom is 0.300 e. The van der Waals surface area contributed by atoms with E-state index < -0.39 is 0 Å². The Balaban J connectivity index is 1.44. The number of aromatic nitrogens is 2. The number of benzene rings is 1. The highest BCUT2D eigenvalue weighted by Gasteiger charge is 2.24. The van der Waals surface area contributed by atoms with Crippen molar-refractivity contribution >= 4 is 23.2 Å². The van der Waals surface area contributed by atoms with Gasteiger partial charge in [0.05, 0.1) is 0 Å². The number of carbonyl (C=O) groups excluding carboxylic acids is 1. The zero-order chi connectivity index (χ0) is 16.5. The topological polar surface area (TPSA) is 62.5 Å². The molecule has 0 unspecified atom stereocenters. The molecule has 122 valence electrons. The van der Waals surface area contributed by atoms with Crippen LogP contribution in [0.1, 0.15) is 10.4 Å². The van der Waals surface area contributed by atoms with Crippen LogP contribution in [-0.2, 0) is 0 Å². The predicted octanol–water partition coefficient (Wildman–Crippen LogP) is 2.32. The van der Waals surface area contributed by atoms with Gasteiger partial charge in [-0.15, -0.1) is 0 Å². The van der Waals surface area contributed by atoms with Crippen molar-refractivity contribution in [2.24, 2.45) is 0 Å². The number of pyridine rings is 1. The first-order chi connectivity index (χ1) is 11.7. The van der Waals surface area contributed by atoms with Crippen LogP contribution in [0, 0.1) is 5.82 Å². The molecule has 0 bridgehead atoms. The van der Waals surface area contributed by atoms with E-state index in [0.717, 1.165) is 0 Å². The normalized spacial score (nSPS) is 15.0. The molecule has 1 aliphatic rings. The molecule has 1 fully saturated rings. The van der Waals surface area contributed by atoms with Crippen molar-refractivity contribution in [3.63, 3.8) is 0 Å². The van der Waals surface area contributed by atoms with Crippen LogP contribution >= 0.6 is 0 Å². The monoisotopic (exact) mass is 326 g/mol. The Labute approximate surface area is 137 Å². The summed E-state index contributed by atoms with van der Waals surface area (Å²) >= 11 is 0. The summed E-state index contributed by atoms with van der Waals surface area (Å²) in [4.78, 5) is 24.7. The molecule has 4 rings (SSSR count). The van der Waals surface area contributed by atoms with Crippen molar-refractivity contribution in [3.8, 4) is 0 Å². The van der Waals surface area contributed by atoms with E-state index in [-0.39, 0.29) is 11.7 Å². The highest BCUT2D eigenvalue weighted by atomic mass is 19.1. The Hall–Kier alpha value is -2.96. The first-order valence-corrected chi connectivity index (χ1v) is 7.72. The molecule has 0 N–H and O–H groups in total. The number of oxazole rings is 1. The minimum absolute atomic E-state index is 0.0890. The summed E-state index contributed by atoms with van der Waals surface area (Å²) in [5.41, 5.74) is 1.73. The lowest BCUT2D eigenvalue weighted by Gasteiger charge is -2.33. The Morgan fingerprint density at radius 1 is 1.08 bits per heavy atom. The van der Waals surface area contributed by atoms with Crippen LogP contribution in [0.4, 0.5) is 10.4 Å². The average molecular weight is 326 g/mol. The molecule has 2 aromatic heterocycles. The average Bonchev–Trinajstić information content (AvgIpc) is 3.06. The second-order valence-corrected chi connectivity index (χ2v) is 5.61. The summed E-state index contributed by atoms with van der Waals surface area (Å²) < 4.78 is 18.7. The van der Waals surface area contributed by atoms with Gasteiger partial charge in [-0.1, -0.05) is 0 Å². The molecule has 24 heavy (non-hydrogen) atoms. The van der Waals surface area contributed by atoms with Crippen LogP contribution in [0.15, 0.2) is 47.0 Å². The summed E-state index contributed by atoms with van der Waals surface area (Å²) in [6.07, 6.45) is 1.67. The van der Waals surface area contributed by atoms with Gasteiger partial charge in [-0.25, -0.2) is 9.37 Å². The van der Waals surface area contributed by atoms with E-state index in [9.17, 15) is 9.18 Å². The lowest BCUT2D eigenvalue weighted by atomic mass is 10.2. The van der Waals surface area contributed by atoms with Crippen LogP contribution in [0.3, 0.4) is 0 Å². The molecule has 6 nitrogen and oxygen atoms in total. The van der Waals surface area contributed by atoms with E-state index in [1.807, 2.05) is 11.0 Å². The molecule has 0 aliphatic carbocycles. The van der Waals surface area contributed by atoms with Gasteiger partial charge in [0.1, 0.15) is 5.82 Å². The molecule has 0 spiro atoms. The largest absolute Gasteiger partial charge is 0.422 e. The molecular weight excluding hydrogens is 311 g/mol. The lowest BCUT2D eigenvalue weighted by molar-refractivity contribution is 0.0745. The summed E-state index contributed by atoms with van der Waals surface area (Å²) in [5, 5.41) is 0. The van der Waals surface area contributed by atoms with E-state index in [4.69, 9.17) is 4.42 Å². The molecule has 7 heteroatoms. The molecule has 3 aromatic rings. The highest BCUT2D eigenvalue weighted by molar-refractivity contribution is 5.94. The van der Waals surface area contributed by atoms with E-state index in [0.29, 0.717) is 49.0 Å². The number of halogens is 1. The van der Waals surface area contributed by atoms with Crippen molar-refractivity contribution in [2.75, 3.05) is 31.1 Å². The Bertz CT molecular complexity index is 837. The zero-order valence-electron chi connectivity index (χ0n) is 12.9. The minimum atomic E-state index is -0.346. The van der Waals surface area contributed by atoms with Crippen molar-refractivity contribution in [2.45, 2.75) is 0 Å². The Kier molecular flexibility index (Phi) is 3.60. The molecule has 3 heterocycles. The van der Waals surface area contributed by atoms with Gasteiger partial charge in [-0.3, -0.25) is 4.79 Å². The van der Waals surface area contributed by atoms with Crippen molar-refractivity contribution in [3.05, 3.63) is 54.0 Å². The number of hydrogen-bond donors (Lipinski definition) is 0. The van der Waals surface area contributed by atoms with E-state index in [1.165, 1.54) is 24.3 Å². The summed E-state index contributed by atoms with van der Waals surface area (Å²) in [6.45, 7) is 2.37. The smallest absolute Gasteiger partial charge is 0.300 e. The van der Waals surface area contributed by atoms with E-state index >= 15 is 0 Å². The number of fused-ring (bicyclic) bond motifs is 1. The fourth-order valence-corrected chi connectivity index (χ4v) is 2.77. The van der Waals surface area contributed by atoms with Crippen molar-refractivity contribution in [1.29, 1.82) is 0 Å². The third kappa shape index (κ3) is 2.68. The first kappa shape index (κ1) is 14.6. The van der Waals surface area contributed by atoms with Gasteiger partial charge in [0.2, 0.25) is 5.65 Å². The Morgan fingerprint density at radius 3 is 2.54 bits per heavy atom. The minimum Gasteiger partial charge on any atom is -0.422 e. The number of rotatable bonds is 2. The van der Waals surface area contributed by atoms with E-state index in [2.05, 4.69) is 9.97 Å². The third-order valence-corrected chi connectivity index (χ3v) is 4.08. The second-order valence-electron chi connectivity index (χ2n) is 5.61. The molecule has 1 aliphatic heterocycles. The molecule has 0 saturated carbocycles. The van der Waals surface area contributed by atoms with Crippen molar-refractivity contribution in [1.82, 2.24) is 14.9 Å². The van der Waals surface area contributed by atoms with Crippen LogP contribution in [0.2, 0.25) is 0 Å². The van der Waals surface area contributed by atoms with Crippen molar-refractivity contribution < 1.29 is 13.6 Å². The van der Waals surface area contributed by atoms with Gasteiger partial charge in [0.25, 0.3) is 11.9 Å². The number of anilines is 1. The van der Waals surface area contributed by atoms with Crippen LogP contribution in [0.5, 0.6) is 0 Å². The summed E-state index contributed by atoms with van der Waals surface area (Å²) in [6, 6.07) is 9.78. The summed E-state index contributed by atoms with van der Waals surface area (Å²) in [7, 11) is 0. The maximum atomic E-state index is 13.0. The fourth-order valence-electron chi connectivity index (χ4n) is 2.77. The SMILES string of the molecule is O=C(c1ccc(F)cc1)N1CCN(c2nc3ncccc3o2)CC1. The molecule has 1 saturated heterocycles. The van der Waals surface area contributed by atoms with Gasteiger partial charge >= 0.3 is 0 Å². The second kappa shape index (κ2) is 5.92. The number of piperazine rings is 1. The number of carbonyl (C=O) groups is 1. The fraction of sp³-hybridized carbons (Fsp3) is 0.235. The zero-order valence-corrected chi connectivity index (χ0v) is 12.9. The first-order valence-electron chi connectivity index (χ1n) is 7.72. The Morgan fingerprint density at radius 2 is 1.83 bits per heavy atom. The molecule has 1 amide bonds. The summed E-state index contributed by atoms with van der Waals surface area (Å²) in [5.74, 6) is -0.435. The van der Waals surface area contributed by atoms with Crippen LogP contribution < -0.4 is 4.90 Å². The van der Waals surface area contributed by atoms with Gasteiger partial charge in [0, 0.05) is 37.9 Å².